The molecule has 1 rings (SSSR count). The van der Waals surface area contributed by atoms with Crippen LogP contribution in [0.2, 0.25) is 0 Å². The number of hydrogen-bond acceptors (Lipinski definition) is 4. The number of anilines is 1. The summed E-state index contributed by atoms with van der Waals surface area (Å²) in [6, 6.07) is 1.54. The Balaban J connectivity index is 2.76. The maximum atomic E-state index is 8.87. The van der Waals surface area contributed by atoms with Crippen LogP contribution in [-0.2, 0) is 0 Å². The minimum Gasteiger partial charge on any atom is -0.394 e. The van der Waals surface area contributed by atoms with Crippen LogP contribution in [-0.4, -0.2) is 34.5 Å². The van der Waals surface area contributed by atoms with Gasteiger partial charge in [-0.1, -0.05) is 0 Å². The summed E-state index contributed by atoms with van der Waals surface area (Å²) >= 11 is 3.35. The second-order valence-corrected chi connectivity index (χ2v) is 3.90. The van der Waals surface area contributed by atoms with Crippen molar-refractivity contribution < 1.29 is 10.2 Å². The van der Waals surface area contributed by atoms with Crippen molar-refractivity contribution in [3.63, 3.8) is 0 Å². The molecular weight excluding hydrogens is 248 g/mol. The van der Waals surface area contributed by atoms with E-state index in [1.165, 1.54) is 0 Å². The molecule has 14 heavy (non-hydrogen) atoms. The van der Waals surface area contributed by atoms with Gasteiger partial charge in [0.15, 0.2) is 0 Å². The number of hydrogen-bond donors (Lipinski definition) is 3. The first kappa shape index (κ1) is 11.4. The number of pyridine rings is 1. The van der Waals surface area contributed by atoms with Crippen molar-refractivity contribution in [2.45, 2.75) is 13.0 Å². The molecule has 0 saturated carbocycles. The molecule has 0 radical (unpaired) electrons. The van der Waals surface area contributed by atoms with Crippen LogP contribution in [0.1, 0.15) is 5.56 Å². The maximum absolute atomic E-state index is 8.87. The number of rotatable bonds is 4. The highest BCUT2D eigenvalue weighted by Crippen LogP contribution is 2.20. The third-order valence-electron chi connectivity index (χ3n) is 1.76. The fourth-order valence-corrected chi connectivity index (χ4v) is 1.56. The van der Waals surface area contributed by atoms with Gasteiger partial charge < -0.3 is 15.5 Å². The van der Waals surface area contributed by atoms with E-state index in [0.29, 0.717) is 5.82 Å². The van der Waals surface area contributed by atoms with Gasteiger partial charge in [-0.25, -0.2) is 4.98 Å². The highest BCUT2D eigenvalue weighted by Gasteiger charge is 2.08. The van der Waals surface area contributed by atoms with Crippen molar-refractivity contribution >= 4 is 21.7 Å². The number of aromatic nitrogens is 1. The van der Waals surface area contributed by atoms with E-state index in [-0.39, 0.29) is 19.3 Å². The van der Waals surface area contributed by atoms with Gasteiger partial charge in [0.05, 0.1) is 23.7 Å². The lowest BCUT2D eigenvalue weighted by Crippen LogP contribution is -2.28. The van der Waals surface area contributed by atoms with Gasteiger partial charge in [0, 0.05) is 6.20 Å². The Morgan fingerprint density at radius 1 is 1.50 bits per heavy atom. The molecule has 3 N–H and O–H groups in total. The Morgan fingerprint density at radius 3 is 2.64 bits per heavy atom. The van der Waals surface area contributed by atoms with Gasteiger partial charge in [-0.15, -0.1) is 0 Å². The summed E-state index contributed by atoms with van der Waals surface area (Å²) in [5.41, 5.74) is 1.05. The average molecular weight is 261 g/mol. The molecule has 1 aromatic heterocycles. The summed E-state index contributed by atoms with van der Waals surface area (Å²) in [7, 11) is 0. The van der Waals surface area contributed by atoms with E-state index in [4.69, 9.17) is 10.2 Å². The van der Waals surface area contributed by atoms with Crippen LogP contribution in [0.15, 0.2) is 16.7 Å². The van der Waals surface area contributed by atoms with Crippen LogP contribution >= 0.6 is 15.9 Å². The highest BCUT2D eigenvalue weighted by molar-refractivity contribution is 9.10. The van der Waals surface area contributed by atoms with Gasteiger partial charge in [-0.3, -0.25) is 0 Å². The van der Waals surface area contributed by atoms with E-state index >= 15 is 0 Å². The molecule has 0 aliphatic carbocycles. The molecule has 0 saturated heterocycles. The Hall–Kier alpha value is -0.650. The summed E-state index contributed by atoms with van der Waals surface area (Å²) in [5, 5.41) is 20.7. The van der Waals surface area contributed by atoms with Gasteiger partial charge in [-0.05, 0) is 34.5 Å². The van der Waals surface area contributed by atoms with E-state index in [2.05, 4.69) is 26.2 Å². The Kier molecular flexibility index (Phi) is 4.31. The van der Waals surface area contributed by atoms with Crippen molar-refractivity contribution in [3.8, 4) is 0 Å². The van der Waals surface area contributed by atoms with Gasteiger partial charge in [-0.2, -0.15) is 0 Å². The van der Waals surface area contributed by atoms with Crippen molar-refractivity contribution in [1.82, 2.24) is 4.98 Å². The SMILES string of the molecule is Cc1cnc(NC(CO)CO)c(Br)c1. The summed E-state index contributed by atoms with van der Waals surface area (Å²) < 4.78 is 0.824. The Labute approximate surface area is 91.1 Å². The van der Waals surface area contributed by atoms with Crippen LogP contribution in [0.3, 0.4) is 0 Å². The van der Waals surface area contributed by atoms with Gasteiger partial charge in [0.25, 0.3) is 0 Å². The Morgan fingerprint density at radius 2 is 2.14 bits per heavy atom. The molecule has 0 aliphatic heterocycles. The van der Waals surface area contributed by atoms with E-state index < -0.39 is 0 Å². The predicted molar refractivity (Wildman–Crippen MR) is 58.3 cm³/mol. The van der Waals surface area contributed by atoms with E-state index in [0.717, 1.165) is 10.0 Å². The molecule has 0 amide bonds. The topological polar surface area (TPSA) is 65.4 Å². The molecule has 78 valence electrons. The van der Waals surface area contributed by atoms with E-state index in [9.17, 15) is 0 Å². The van der Waals surface area contributed by atoms with Crippen LogP contribution in [0.5, 0.6) is 0 Å². The molecule has 0 atom stereocenters. The molecule has 1 aromatic rings. The zero-order chi connectivity index (χ0) is 10.6. The molecule has 0 aromatic carbocycles. The fourth-order valence-electron chi connectivity index (χ4n) is 0.982. The lowest BCUT2D eigenvalue weighted by molar-refractivity contribution is 0.203. The molecule has 4 nitrogen and oxygen atoms in total. The van der Waals surface area contributed by atoms with Gasteiger partial charge >= 0.3 is 0 Å². The number of nitrogens with zero attached hydrogens (tertiary/aromatic N) is 1. The second-order valence-electron chi connectivity index (χ2n) is 3.05. The van der Waals surface area contributed by atoms with Crippen LogP contribution in [0.25, 0.3) is 0 Å². The molecule has 0 bridgehead atoms. The largest absolute Gasteiger partial charge is 0.394 e. The van der Waals surface area contributed by atoms with E-state index in [1.807, 2.05) is 13.0 Å². The Bertz CT molecular complexity index is 303. The van der Waals surface area contributed by atoms with Crippen molar-refractivity contribution in [3.05, 3.63) is 22.3 Å². The third-order valence-corrected chi connectivity index (χ3v) is 2.36. The van der Waals surface area contributed by atoms with Gasteiger partial charge in [0.2, 0.25) is 0 Å². The van der Waals surface area contributed by atoms with E-state index in [1.54, 1.807) is 6.20 Å². The number of nitrogens with one attached hydrogen (secondary N) is 1. The number of halogens is 1. The quantitative estimate of drug-likeness (QED) is 0.754. The predicted octanol–water partition coefficient (Wildman–Crippen LogP) is 0.918. The summed E-state index contributed by atoms with van der Waals surface area (Å²) in [4.78, 5) is 4.13. The first-order chi connectivity index (χ1) is 6.67. The normalized spacial score (nSPS) is 10.6. The van der Waals surface area contributed by atoms with Crippen molar-refractivity contribution in [1.29, 1.82) is 0 Å². The first-order valence-corrected chi connectivity index (χ1v) is 5.07. The first-order valence-electron chi connectivity index (χ1n) is 4.27. The molecule has 0 spiro atoms. The summed E-state index contributed by atoms with van der Waals surface area (Å²) in [6.07, 6.45) is 1.72. The summed E-state index contributed by atoms with van der Waals surface area (Å²) in [6.45, 7) is 1.69. The highest BCUT2D eigenvalue weighted by atomic mass is 79.9. The number of aliphatic hydroxyl groups is 2. The standard InChI is InChI=1S/C9H13BrN2O2/c1-6-2-8(10)9(11-3-6)12-7(4-13)5-14/h2-3,7,13-14H,4-5H2,1H3,(H,11,12). The molecule has 5 heteroatoms. The van der Waals surface area contributed by atoms with Crippen LogP contribution < -0.4 is 5.32 Å². The minimum absolute atomic E-state index is 0.126. The second kappa shape index (κ2) is 5.29. The lowest BCUT2D eigenvalue weighted by Gasteiger charge is -2.15. The van der Waals surface area contributed by atoms with Crippen molar-refractivity contribution in [2.24, 2.45) is 0 Å². The third kappa shape index (κ3) is 2.94. The van der Waals surface area contributed by atoms with Crippen LogP contribution in [0, 0.1) is 6.92 Å². The molecular formula is C9H13BrN2O2. The average Bonchev–Trinajstić information content (AvgIpc) is 2.17. The molecule has 0 unspecified atom stereocenters. The maximum Gasteiger partial charge on any atom is 0.140 e. The summed E-state index contributed by atoms with van der Waals surface area (Å²) in [5.74, 6) is 0.628. The monoisotopic (exact) mass is 260 g/mol. The zero-order valence-corrected chi connectivity index (χ0v) is 9.45. The lowest BCUT2D eigenvalue weighted by atomic mass is 10.3. The van der Waals surface area contributed by atoms with Gasteiger partial charge in [0.1, 0.15) is 5.82 Å². The molecule has 1 heterocycles. The van der Waals surface area contributed by atoms with Crippen molar-refractivity contribution in [2.75, 3.05) is 18.5 Å². The zero-order valence-electron chi connectivity index (χ0n) is 7.87. The minimum atomic E-state index is -0.374. The number of aryl methyl sites for hydroxylation is 1. The smallest absolute Gasteiger partial charge is 0.140 e. The molecule has 0 aliphatic rings. The molecule has 0 fully saturated rings. The number of aliphatic hydroxyl groups excluding tert-OH is 2. The van der Waals surface area contributed by atoms with Crippen LogP contribution in [0.4, 0.5) is 5.82 Å². The fraction of sp³-hybridized carbons (Fsp3) is 0.444.